The van der Waals surface area contributed by atoms with Crippen LogP contribution in [0.1, 0.15) is 11.1 Å². The number of carbonyl (C=O) groups is 1. The van der Waals surface area contributed by atoms with Gasteiger partial charge in [-0.15, -0.1) is 0 Å². The number of hydrogen-bond acceptors (Lipinski definition) is 3. The molecule has 1 atom stereocenters. The standard InChI is InChI=1S/C17H18O4.Cs.H/c1-20-16(17(18)19)11-13-7-9-15(10-8-13)21-12-14-5-3-2-4-6-14;;/h2-10,16H,11-12H2,1H3,(H,18,19);;. The number of aliphatic carboxylic acids is 1. The zero-order valence-electron chi connectivity index (χ0n) is 11.9. The first-order valence-electron chi connectivity index (χ1n) is 6.70. The molecule has 0 aliphatic rings. The van der Waals surface area contributed by atoms with Crippen LogP contribution in [0.3, 0.4) is 0 Å². The van der Waals surface area contributed by atoms with Crippen molar-refractivity contribution >= 4 is 74.9 Å². The molecule has 4 nitrogen and oxygen atoms in total. The molecule has 5 heteroatoms. The molecular formula is C17H19CsO4. The van der Waals surface area contributed by atoms with Gasteiger partial charge in [-0.3, -0.25) is 0 Å². The molecule has 22 heavy (non-hydrogen) atoms. The fourth-order valence-electron chi connectivity index (χ4n) is 1.95. The summed E-state index contributed by atoms with van der Waals surface area (Å²) >= 11 is 0. The number of methoxy groups -OCH3 is 1. The quantitative estimate of drug-likeness (QED) is 0.747. The average molecular weight is 420 g/mol. The van der Waals surface area contributed by atoms with Gasteiger partial charge in [0.2, 0.25) is 0 Å². The summed E-state index contributed by atoms with van der Waals surface area (Å²) in [6.07, 6.45) is -0.480. The van der Waals surface area contributed by atoms with E-state index in [-0.39, 0.29) is 68.9 Å². The van der Waals surface area contributed by atoms with E-state index in [0.717, 1.165) is 16.9 Å². The van der Waals surface area contributed by atoms with Crippen molar-refractivity contribution < 1.29 is 19.4 Å². The molecule has 0 aliphatic heterocycles. The van der Waals surface area contributed by atoms with Gasteiger partial charge < -0.3 is 14.6 Å². The van der Waals surface area contributed by atoms with Crippen LogP contribution in [0, 0.1) is 0 Å². The summed E-state index contributed by atoms with van der Waals surface area (Å²) in [6.45, 7) is 0.510. The molecule has 1 N–H and O–H groups in total. The fraction of sp³-hybridized carbons (Fsp3) is 0.235. The third-order valence-electron chi connectivity index (χ3n) is 3.15. The van der Waals surface area contributed by atoms with E-state index in [2.05, 4.69) is 0 Å². The SMILES string of the molecule is COC(Cc1ccc(OCc2ccccc2)cc1)C(=O)O.[CsH]. The van der Waals surface area contributed by atoms with Crippen LogP contribution in [0.15, 0.2) is 54.6 Å². The molecule has 0 bridgehead atoms. The first-order valence-corrected chi connectivity index (χ1v) is 6.70. The van der Waals surface area contributed by atoms with Crippen molar-refractivity contribution in [1.82, 2.24) is 0 Å². The predicted octanol–water partition coefficient (Wildman–Crippen LogP) is 2.26. The maximum atomic E-state index is 10.9. The van der Waals surface area contributed by atoms with Crippen molar-refractivity contribution in [3.05, 3.63) is 65.7 Å². The van der Waals surface area contributed by atoms with Crippen molar-refractivity contribution in [2.75, 3.05) is 7.11 Å². The van der Waals surface area contributed by atoms with Gasteiger partial charge in [0.15, 0.2) is 6.10 Å². The summed E-state index contributed by atoms with van der Waals surface area (Å²) in [6, 6.07) is 17.3. The summed E-state index contributed by atoms with van der Waals surface area (Å²) < 4.78 is 10.6. The van der Waals surface area contributed by atoms with Crippen LogP contribution in [-0.4, -0.2) is 93.2 Å². The summed E-state index contributed by atoms with van der Waals surface area (Å²) in [5.74, 6) is -0.200. The van der Waals surface area contributed by atoms with Crippen LogP contribution < -0.4 is 4.74 Å². The summed E-state index contributed by atoms with van der Waals surface area (Å²) in [5.41, 5.74) is 2.00. The monoisotopic (exact) mass is 420 g/mol. The normalized spacial score (nSPS) is 11.3. The summed E-state index contributed by atoms with van der Waals surface area (Å²) in [5, 5.41) is 8.95. The number of carboxylic acid groups (broad SMARTS) is 1. The molecule has 0 saturated carbocycles. The zero-order chi connectivity index (χ0) is 15.1. The Morgan fingerprint density at radius 3 is 2.23 bits per heavy atom. The van der Waals surface area contributed by atoms with Crippen LogP contribution in [0.2, 0.25) is 0 Å². The van der Waals surface area contributed by atoms with Gasteiger partial charge in [-0.05, 0) is 23.3 Å². The molecule has 0 saturated heterocycles. The van der Waals surface area contributed by atoms with Gasteiger partial charge in [-0.2, -0.15) is 0 Å². The van der Waals surface area contributed by atoms with Gasteiger partial charge in [0.1, 0.15) is 12.4 Å². The number of hydrogen-bond donors (Lipinski definition) is 1. The van der Waals surface area contributed by atoms with Gasteiger partial charge >= 0.3 is 74.9 Å². The topological polar surface area (TPSA) is 55.8 Å². The van der Waals surface area contributed by atoms with Crippen LogP contribution in [-0.2, 0) is 22.6 Å². The maximum absolute atomic E-state index is 10.9. The van der Waals surface area contributed by atoms with Crippen molar-refractivity contribution in [3.63, 3.8) is 0 Å². The molecule has 2 aromatic carbocycles. The molecular weight excluding hydrogens is 401 g/mol. The van der Waals surface area contributed by atoms with E-state index < -0.39 is 12.1 Å². The minimum absolute atomic E-state index is 0. The second kappa shape index (κ2) is 10.5. The third-order valence-corrected chi connectivity index (χ3v) is 3.15. The van der Waals surface area contributed by atoms with Crippen LogP contribution >= 0.6 is 0 Å². The number of rotatable bonds is 7. The second-order valence-electron chi connectivity index (χ2n) is 4.68. The average Bonchev–Trinajstić information content (AvgIpc) is 2.52. The molecule has 0 spiro atoms. The van der Waals surface area contributed by atoms with Crippen LogP contribution in [0.25, 0.3) is 0 Å². The molecule has 2 rings (SSSR count). The molecule has 2 aromatic rings. The van der Waals surface area contributed by atoms with Gasteiger partial charge in [0, 0.05) is 13.5 Å². The minimum atomic E-state index is -0.957. The third kappa shape index (κ3) is 6.46. The number of ether oxygens (including phenoxy) is 2. The van der Waals surface area contributed by atoms with Gasteiger partial charge in [0.05, 0.1) is 0 Å². The van der Waals surface area contributed by atoms with Crippen LogP contribution in [0.5, 0.6) is 5.75 Å². The molecule has 0 aliphatic carbocycles. The molecule has 0 fully saturated rings. The Kier molecular flexibility index (Phi) is 9.42. The molecule has 0 radical (unpaired) electrons. The van der Waals surface area contributed by atoms with E-state index in [9.17, 15) is 4.79 Å². The molecule has 0 amide bonds. The summed E-state index contributed by atoms with van der Waals surface area (Å²) in [4.78, 5) is 10.9. The van der Waals surface area contributed by atoms with Gasteiger partial charge in [-0.25, -0.2) is 4.79 Å². The second-order valence-corrected chi connectivity index (χ2v) is 4.68. The van der Waals surface area contributed by atoms with Gasteiger partial charge in [0.25, 0.3) is 0 Å². The fourth-order valence-corrected chi connectivity index (χ4v) is 1.95. The predicted molar refractivity (Wildman–Crippen MR) is 86.5 cm³/mol. The first kappa shape index (κ1) is 19.8. The number of benzene rings is 2. The van der Waals surface area contributed by atoms with Crippen molar-refractivity contribution in [2.24, 2.45) is 0 Å². The first-order chi connectivity index (χ1) is 10.2. The summed E-state index contributed by atoms with van der Waals surface area (Å²) in [7, 11) is 1.40. The Bertz CT molecular complexity index is 569. The van der Waals surface area contributed by atoms with E-state index in [0.29, 0.717) is 13.0 Å². The Morgan fingerprint density at radius 1 is 1.05 bits per heavy atom. The van der Waals surface area contributed by atoms with E-state index in [1.165, 1.54) is 7.11 Å². The zero-order valence-corrected chi connectivity index (χ0v) is 11.9. The van der Waals surface area contributed by atoms with E-state index in [1.807, 2.05) is 54.6 Å². The van der Waals surface area contributed by atoms with Crippen LogP contribution in [0.4, 0.5) is 0 Å². The van der Waals surface area contributed by atoms with Crippen molar-refractivity contribution in [1.29, 1.82) is 0 Å². The Balaban J connectivity index is 0.00000242. The van der Waals surface area contributed by atoms with E-state index in [4.69, 9.17) is 14.6 Å². The Labute approximate surface area is 189 Å². The number of carboxylic acids is 1. The molecule has 0 heterocycles. The molecule has 1 unspecified atom stereocenters. The van der Waals surface area contributed by atoms with E-state index >= 15 is 0 Å². The van der Waals surface area contributed by atoms with Crippen molar-refractivity contribution in [2.45, 2.75) is 19.1 Å². The Morgan fingerprint density at radius 2 is 1.68 bits per heavy atom. The van der Waals surface area contributed by atoms with Gasteiger partial charge in [-0.1, -0.05) is 42.5 Å². The Hall–Kier alpha value is -0.278. The molecule has 112 valence electrons. The van der Waals surface area contributed by atoms with Crippen molar-refractivity contribution in [3.8, 4) is 5.75 Å². The molecule has 0 aromatic heterocycles. The van der Waals surface area contributed by atoms with E-state index in [1.54, 1.807) is 0 Å².